The van der Waals surface area contributed by atoms with E-state index in [4.69, 9.17) is 10.2 Å². The third-order valence-electron chi connectivity index (χ3n) is 3.60. The van der Waals surface area contributed by atoms with Crippen LogP contribution in [0.4, 0.5) is 0 Å². The molecule has 3 N–H and O–H groups in total. The van der Waals surface area contributed by atoms with Crippen molar-refractivity contribution < 1.29 is 22.7 Å². The van der Waals surface area contributed by atoms with Crippen LogP contribution >= 0.6 is 0 Å². The van der Waals surface area contributed by atoms with Gasteiger partial charge in [0.05, 0.1) is 6.42 Å². The Labute approximate surface area is 177 Å². The Morgan fingerprint density at radius 3 is 1.77 bits per heavy atom. The van der Waals surface area contributed by atoms with Gasteiger partial charge in [0.2, 0.25) is 0 Å². The topological polar surface area (TPSA) is 86.6 Å². The molecule has 0 spiro atoms. The van der Waals surface area contributed by atoms with E-state index in [0.29, 0.717) is 6.54 Å². The van der Waals surface area contributed by atoms with E-state index < -0.39 is 18.0 Å². The van der Waals surface area contributed by atoms with Crippen molar-refractivity contribution >= 4 is 60.8 Å². The van der Waals surface area contributed by atoms with Gasteiger partial charge in [-0.1, -0.05) is 64.7 Å². The first-order valence-electron chi connectivity index (χ1n) is 8.26. The Morgan fingerprint density at radius 1 is 0.909 bits per heavy atom. The molecule has 22 heavy (non-hydrogen) atoms. The Bertz CT molecular complexity index is 297. The van der Waals surface area contributed by atoms with Crippen LogP contribution in [0, 0.1) is 0 Å². The Balaban J connectivity index is -0.000000667. The van der Waals surface area contributed by atoms with Crippen molar-refractivity contribution in [2.75, 3.05) is 6.54 Å². The molecule has 0 saturated heterocycles. The van der Waals surface area contributed by atoms with Gasteiger partial charge in [0.1, 0.15) is 6.04 Å². The Hall–Kier alpha value is 0.471. The van der Waals surface area contributed by atoms with E-state index in [9.17, 15) is 9.59 Å². The molecular formula is C16H33BaNO4. The van der Waals surface area contributed by atoms with Gasteiger partial charge < -0.3 is 18.4 Å². The maximum atomic E-state index is 10.8. The summed E-state index contributed by atoms with van der Waals surface area (Å²) in [6.45, 7) is 2.79. The second kappa shape index (κ2) is 17.8. The zero-order chi connectivity index (χ0) is 15.9. The molecule has 0 fully saturated rings. The minimum Gasteiger partial charge on any atom is -1.00 e. The van der Waals surface area contributed by atoms with Gasteiger partial charge in [-0.05, 0) is 13.0 Å². The first kappa shape index (κ1) is 24.7. The molecule has 0 aliphatic heterocycles. The third kappa shape index (κ3) is 16.8. The van der Waals surface area contributed by atoms with E-state index in [-0.39, 0.29) is 58.2 Å². The average Bonchev–Trinajstić information content (AvgIpc) is 2.42. The van der Waals surface area contributed by atoms with Crippen molar-refractivity contribution in [3.05, 3.63) is 0 Å². The quantitative estimate of drug-likeness (QED) is 0.269. The number of unbranched alkanes of at least 4 members (excludes halogenated alkanes) is 9. The number of nitrogens with one attached hydrogen (secondary N) is 1. The minimum atomic E-state index is -1.09. The predicted octanol–water partition coefficient (Wildman–Crippen LogP) is 3.27. The number of aliphatic carboxylic acids is 2. The minimum absolute atomic E-state index is 0. The Morgan fingerprint density at radius 2 is 1.36 bits per heavy atom. The zero-order valence-corrected chi connectivity index (χ0v) is 18.4. The smallest absolute Gasteiger partial charge is 1.00 e. The molecule has 0 rings (SSSR count). The van der Waals surface area contributed by atoms with Gasteiger partial charge in [-0.3, -0.25) is 9.59 Å². The summed E-state index contributed by atoms with van der Waals surface area (Å²) in [6, 6.07) is -0.971. The van der Waals surface area contributed by atoms with Gasteiger partial charge in [0.15, 0.2) is 0 Å². The number of rotatable bonds is 15. The van der Waals surface area contributed by atoms with Gasteiger partial charge in [0.25, 0.3) is 0 Å². The van der Waals surface area contributed by atoms with Crippen LogP contribution in [-0.2, 0) is 9.59 Å². The molecular weight excluding hydrogens is 408 g/mol. The number of hydrogen-bond donors (Lipinski definition) is 3. The van der Waals surface area contributed by atoms with E-state index in [1.807, 2.05) is 0 Å². The van der Waals surface area contributed by atoms with Crippen molar-refractivity contribution in [3.8, 4) is 0 Å². The molecule has 1 atom stereocenters. The number of carbonyl (C=O) groups is 2. The van der Waals surface area contributed by atoms with Crippen molar-refractivity contribution in [3.63, 3.8) is 0 Å². The molecule has 0 radical (unpaired) electrons. The first-order valence-corrected chi connectivity index (χ1v) is 8.26. The van der Waals surface area contributed by atoms with E-state index in [2.05, 4.69) is 12.2 Å². The summed E-state index contributed by atoms with van der Waals surface area (Å²) in [5.74, 6) is -2.18. The molecule has 0 aromatic rings. The van der Waals surface area contributed by atoms with Crippen LogP contribution in [0.3, 0.4) is 0 Å². The standard InChI is InChI=1S/C16H31NO4.Ba.2H/c1-2-3-4-5-6-7-8-9-10-11-12-17-14(16(20)21)13-15(18)19;;;/h14,17H,2-13H2,1H3,(H,18,19)(H,20,21);;;/q;+2;2*-1/t14-;;;/m0.../s1. The van der Waals surface area contributed by atoms with Crippen LogP contribution in [-0.4, -0.2) is 83.6 Å². The fourth-order valence-corrected chi connectivity index (χ4v) is 2.31. The molecule has 0 aromatic carbocycles. The van der Waals surface area contributed by atoms with Gasteiger partial charge in [-0.2, -0.15) is 0 Å². The molecule has 0 unspecified atom stereocenters. The maximum Gasteiger partial charge on any atom is 2.00 e. The summed E-state index contributed by atoms with van der Waals surface area (Å²) in [4.78, 5) is 21.3. The average molecular weight is 441 g/mol. The number of hydrogen-bond acceptors (Lipinski definition) is 3. The van der Waals surface area contributed by atoms with Gasteiger partial charge in [-0.15, -0.1) is 0 Å². The molecule has 6 heteroatoms. The molecule has 0 aliphatic rings. The van der Waals surface area contributed by atoms with Crippen LogP contribution in [0.1, 0.15) is 80.4 Å². The van der Waals surface area contributed by atoms with Gasteiger partial charge in [0, 0.05) is 0 Å². The summed E-state index contributed by atoms with van der Waals surface area (Å²) in [7, 11) is 0. The molecule has 0 aliphatic carbocycles. The summed E-state index contributed by atoms with van der Waals surface area (Å²) in [5, 5.41) is 20.3. The second-order valence-electron chi connectivity index (χ2n) is 5.62. The molecule has 5 nitrogen and oxygen atoms in total. The SMILES string of the molecule is CCCCCCCCCCCCN[C@@H](CC(=O)O)C(=O)O.[Ba+2].[H-].[H-]. The van der Waals surface area contributed by atoms with E-state index >= 15 is 0 Å². The summed E-state index contributed by atoms with van der Waals surface area (Å²) >= 11 is 0. The predicted molar refractivity (Wildman–Crippen MR) is 91.5 cm³/mol. The molecule has 128 valence electrons. The third-order valence-corrected chi connectivity index (χ3v) is 3.60. The Kier molecular flexibility index (Phi) is 20.0. The van der Waals surface area contributed by atoms with Crippen LogP contribution in [0.25, 0.3) is 0 Å². The molecule has 0 saturated carbocycles. The molecule has 0 bridgehead atoms. The molecule has 0 aromatic heterocycles. The first-order chi connectivity index (χ1) is 10.1. The van der Waals surface area contributed by atoms with Gasteiger partial charge in [-0.25, -0.2) is 0 Å². The van der Waals surface area contributed by atoms with E-state index in [1.165, 1.54) is 51.4 Å². The number of carboxylic acid groups (broad SMARTS) is 2. The van der Waals surface area contributed by atoms with Crippen molar-refractivity contribution in [1.82, 2.24) is 5.32 Å². The molecule has 0 amide bonds. The fourth-order valence-electron chi connectivity index (χ4n) is 2.31. The monoisotopic (exact) mass is 441 g/mol. The van der Waals surface area contributed by atoms with Crippen molar-refractivity contribution in [1.29, 1.82) is 0 Å². The largest absolute Gasteiger partial charge is 2.00 e. The summed E-state index contributed by atoms with van der Waals surface area (Å²) in [5.41, 5.74) is 0. The maximum absolute atomic E-state index is 10.8. The zero-order valence-electron chi connectivity index (χ0n) is 16.0. The van der Waals surface area contributed by atoms with E-state index in [1.54, 1.807) is 0 Å². The van der Waals surface area contributed by atoms with Crippen LogP contribution < -0.4 is 5.32 Å². The fraction of sp³-hybridized carbons (Fsp3) is 0.875. The van der Waals surface area contributed by atoms with Crippen LogP contribution in [0.15, 0.2) is 0 Å². The van der Waals surface area contributed by atoms with E-state index in [0.717, 1.165) is 12.8 Å². The van der Waals surface area contributed by atoms with Gasteiger partial charge >= 0.3 is 60.8 Å². The number of carboxylic acids is 2. The second-order valence-corrected chi connectivity index (χ2v) is 5.62. The van der Waals surface area contributed by atoms with Crippen molar-refractivity contribution in [2.45, 2.75) is 83.6 Å². The van der Waals surface area contributed by atoms with Crippen LogP contribution in [0.5, 0.6) is 0 Å². The summed E-state index contributed by atoms with van der Waals surface area (Å²) in [6.07, 6.45) is 11.9. The van der Waals surface area contributed by atoms with Crippen molar-refractivity contribution in [2.24, 2.45) is 0 Å². The molecule has 0 heterocycles. The normalized spacial score (nSPS) is 11.7. The van der Waals surface area contributed by atoms with Crippen LogP contribution in [0.2, 0.25) is 0 Å². The summed E-state index contributed by atoms with van der Waals surface area (Å²) < 4.78 is 0.